The summed E-state index contributed by atoms with van der Waals surface area (Å²) in [6.07, 6.45) is 1.66. The second kappa shape index (κ2) is 5.46. The molecule has 1 heterocycles. The maximum Gasteiger partial charge on any atom is 0.192 e. The first-order valence-electron chi connectivity index (χ1n) is 6.12. The third-order valence-electron chi connectivity index (χ3n) is 3.10. The van der Waals surface area contributed by atoms with Crippen molar-refractivity contribution in [2.24, 2.45) is 5.73 Å². The summed E-state index contributed by atoms with van der Waals surface area (Å²) in [6, 6.07) is 7.37. The van der Waals surface area contributed by atoms with Gasteiger partial charge in [-0.2, -0.15) is 0 Å². The van der Waals surface area contributed by atoms with Gasteiger partial charge in [0.15, 0.2) is 5.43 Å². The molecule has 0 spiro atoms. The van der Waals surface area contributed by atoms with Gasteiger partial charge in [0.25, 0.3) is 0 Å². The van der Waals surface area contributed by atoms with Crippen LogP contribution >= 0.6 is 12.2 Å². The smallest absolute Gasteiger partial charge is 0.192 e. The van der Waals surface area contributed by atoms with Crippen LogP contribution in [0.5, 0.6) is 5.75 Å². The summed E-state index contributed by atoms with van der Waals surface area (Å²) in [5, 5.41) is 0. The van der Waals surface area contributed by atoms with Crippen LogP contribution in [0.15, 0.2) is 35.3 Å². The number of thiocarbonyl (C=S) groups is 1. The number of aryl methyl sites for hydroxylation is 2. The number of aromatic nitrogens is 1. The molecule has 0 aliphatic rings. The van der Waals surface area contributed by atoms with E-state index >= 15 is 0 Å². The van der Waals surface area contributed by atoms with Crippen molar-refractivity contribution in [2.75, 3.05) is 7.11 Å². The van der Waals surface area contributed by atoms with E-state index in [-0.39, 0.29) is 10.4 Å². The van der Waals surface area contributed by atoms with Crippen LogP contribution in [0.2, 0.25) is 0 Å². The van der Waals surface area contributed by atoms with Crippen LogP contribution in [0.3, 0.4) is 0 Å². The highest BCUT2D eigenvalue weighted by molar-refractivity contribution is 7.80. The maximum absolute atomic E-state index is 11.9. The van der Waals surface area contributed by atoms with Gasteiger partial charge >= 0.3 is 0 Å². The van der Waals surface area contributed by atoms with Crippen LogP contribution in [-0.4, -0.2) is 16.7 Å². The zero-order valence-corrected chi connectivity index (χ0v) is 12.5. The maximum atomic E-state index is 11.9. The second-order valence-electron chi connectivity index (χ2n) is 4.60. The Kier molecular flexibility index (Phi) is 3.90. The summed E-state index contributed by atoms with van der Waals surface area (Å²) in [4.78, 5) is 12.0. The van der Waals surface area contributed by atoms with Crippen molar-refractivity contribution in [1.29, 1.82) is 0 Å². The number of hydrogen-bond acceptors (Lipinski definition) is 3. The van der Waals surface area contributed by atoms with E-state index in [1.54, 1.807) is 13.3 Å². The van der Waals surface area contributed by atoms with Gasteiger partial charge in [-0.15, -0.1) is 0 Å². The van der Waals surface area contributed by atoms with Gasteiger partial charge in [0.05, 0.1) is 18.4 Å². The molecule has 0 aliphatic carbocycles. The van der Waals surface area contributed by atoms with Crippen LogP contribution < -0.4 is 15.9 Å². The minimum atomic E-state index is -0.169. The molecule has 1 aromatic carbocycles. The van der Waals surface area contributed by atoms with E-state index in [1.807, 2.05) is 36.6 Å². The average molecular weight is 288 g/mol. The Balaban J connectivity index is 2.75. The highest BCUT2D eigenvalue weighted by atomic mass is 32.1. The lowest BCUT2D eigenvalue weighted by atomic mass is 10.1. The van der Waals surface area contributed by atoms with Gasteiger partial charge in [0.1, 0.15) is 10.7 Å². The standard InChI is InChI=1S/C15H16N2O2S/c1-9-4-5-14(19-3)12(6-9)17-8-11(15(16)20)13(18)7-10(17)2/h4-8H,1-3H3,(H2,16,20). The second-order valence-corrected chi connectivity index (χ2v) is 5.04. The Morgan fingerprint density at radius 1 is 1.30 bits per heavy atom. The van der Waals surface area contributed by atoms with Gasteiger partial charge in [0, 0.05) is 18.0 Å². The van der Waals surface area contributed by atoms with Crippen molar-refractivity contribution in [3.8, 4) is 11.4 Å². The van der Waals surface area contributed by atoms with Gasteiger partial charge in [-0.3, -0.25) is 4.79 Å². The molecular weight excluding hydrogens is 272 g/mol. The predicted molar refractivity (Wildman–Crippen MR) is 84.0 cm³/mol. The van der Waals surface area contributed by atoms with E-state index in [9.17, 15) is 4.79 Å². The molecule has 104 valence electrons. The fraction of sp³-hybridized carbons (Fsp3) is 0.200. The van der Waals surface area contributed by atoms with Gasteiger partial charge in [0.2, 0.25) is 0 Å². The van der Waals surface area contributed by atoms with Crippen molar-refractivity contribution in [3.05, 3.63) is 57.5 Å². The van der Waals surface area contributed by atoms with Gasteiger partial charge in [-0.05, 0) is 31.5 Å². The highest BCUT2D eigenvalue weighted by Crippen LogP contribution is 2.25. The summed E-state index contributed by atoms with van der Waals surface area (Å²) < 4.78 is 7.24. The lowest BCUT2D eigenvalue weighted by Gasteiger charge is -2.16. The molecule has 1 aromatic heterocycles. The Morgan fingerprint density at radius 3 is 2.60 bits per heavy atom. The van der Waals surface area contributed by atoms with Crippen LogP contribution in [0, 0.1) is 13.8 Å². The summed E-state index contributed by atoms with van der Waals surface area (Å²) in [6.45, 7) is 3.85. The van der Waals surface area contributed by atoms with Gasteiger partial charge < -0.3 is 15.0 Å². The molecule has 0 amide bonds. The summed E-state index contributed by atoms with van der Waals surface area (Å²) in [5.41, 5.74) is 8.49. The van der Waals surface area contributed by atoms with Crippen molar-refractivity contribution in [3.63, 3.8) is 0 Å². The van der Waals surface area contributed by atoms with Crippen molar-refractivity contribution in [2.45, 2.75) is 13.8 Å². The molecule has 4 nitrogen and oxygen atoms in total. The molecule has 0 radical (unpaired) electrons. The van der Waals surface area contributed by atoms with Gasteiger partial charge in [-0.25, -0.2) is 0 Å². The first-order chi connectivity index (χ1) is 9.43. The topological polar surface area (TPSA) is 57.2 Å². The Labute approximate surface area is 122 Å². The Hall–Kier alpha value is -2.14. The quantitative estimate of drug-likeness (QED) is 0.879. The molecule has 0 atom stereocenters. The van der Waals surface area contributed by atoms with E-state index in [4.69, 9.17) is 22.7 Å². The number of ether oxygens (including phenoxy) is 1. The molecule has 2 N–H and O–H groups in total. The third-order valence-corrected chi connectivity index (χ3v) is 3.32. The molecule has 5 heteroatoms. The van der Waals surface area contributed by atoms with E-state index in [2.05, 4.69) is 0 Å². The van der Waals surface area contributed by atoms with Crippen molar-refractivity contribution in [1.82, 2.24) is 4.57 Å². The summed E-state index contributed by atoms with van der Waals surface area (Å²) in [7, 11) is 1.61. The third kappa shape index (κ3) is 2.58. The van der Waals surface area contributed by atoms with Crippen LogP contribution in [0.4, 0.5) is 0 Å². The van der Waals surface area contributed by atoms with E-state index in [0.717, 1.165) is 22.7 Å². The number of hydrogen-bond donors (Lipinski definition) is 1. The summed E-state index contributed by atoms with van der Waals surface area (Å²) >= 11 is 4.92. The molecule has 0 aliphatic heterocycles. The Bertz CT molecular complexity index is 735. The van der Waals surface area contributed by atoms with Crippen LogP contribution in [0.25, 0.3) is 5.69 Å². The zero-order valence-electron chi connectivity index (χ0n) is 11.6. The van der Waals surface area contributed by atoms with Crippen molar-refractivity contribution >= 4 is 17.2 Å². The molecule has 0 unspecified atom stereocenters. The normalized spacial score (nSPS) is 10.3. The lowest BCUT2D eigenvalue weighted by molar-refractivity contribution is 0.412. The van der Waals surface area contributed by atoms with Crippen LogP contribution in [0.1, 0.15) is 16.8 Å². The molecule has 2 aromatic rings. The Morgan fingerprint density at radius 2 is 2.00 bits per heavy atom. The van der Waals surface area contributed by atoms with E-state index in [1.165, 1.54) is 6.07 Å². The highest BCUT2D eigenvalue weighted by Gasteiger charge is 2.11. The van der Waals surface area contributed by atoms with Gasteiger partial charge in [-0.1, -0.05) is 18.3 Å². The SMILES string of the molecule is COc1ccc(C)cc1-n1cc(C(N)=S)c(=O)cc1C. The molecule has 20 heavy (non-hydrogen) atoms. The number of benzene rings is 1. The van der Waals surface area contributed by atoms with E-state index in [0.29, 0.717) is 5.56 Å². The molecule has 0 bridgehead atoms. The molecule has 0 saturated heterocycles. The zero-order chi connectivity index (χ0) is 14.9. The molecule has 0 saturated carbocycles. The number of nitrogens with zero attached hydrogens (tertiary/aromatic N) is 1. The molecule has 0 fully saturated rings. The minimum Gasteiger partial charge on any atom is -0.495 e. The first-order valence-corrected chi connectivity index (χ1v) is 6.53. The first kappa shape index (κ1) is 14.3. The number of methoxy groups -OCH3 is 1. The van der Waals surface area contributed by atoms with Crippen molar-refractivity contribution < 1.29 is 4.74 Å². The fourth-order valence-corrected chi connectivity index (χ4v) is 2.22. The number of nitrogens with two attached hydrogens (primary N) is 1. The predicted octanol–water partition coefficient (Wildman–Crippen LogP) is 2.10. The molecule has 2 rings (SSSR count). The molecular formula is C15H16N2O2S. The monoisotopic (exact) mass is 288 g/mol. The van der Waals surface area contributed by atoms with E-state index < -0.39 is 0 Å². The fourth-order valence-electron chi connectivity index (χ4n) is 2.06. The average Bonchev–Trinajstić information content (AvgIpc) is 2.38. The van der Waals surface area contributed by atoms with Crippen LogP contribution in [-0.2, 0) is 0 Å². The largest absolute Gasteiger partial charge is 0.495 e. The number of rotatable bonds is 3. The lowest BCUT2D eigenvalue weighted by Crippen LogP contribution is -2.23. The summed E-state index contributed by atoms with van der Waals surface area (Å²) in [5.74, 6) is 0.719. The minimum absolute atomic E-state index is 0.0929. The number of pyridine rings is 1.